The number of nitrogens with zero attached hydrogens (tertiary/aromatic N) is 2. The van der Waals surface area contributed by atoms with E-state index < -0.39 is 0 Å². The Morgan fingerprint density at radius 1 is 1.60 bits per heavy atom. The van der Waals surface area contributed by atoms with E-state index in [4.69, 9.17) is 4.74 Å². The maximum Gasteiger partial charge on any atom is 0.330 e. The highest BCUT2D eigenvalue weighted by atomic mass is 16.5. The Balaban J connectivity index is 2.72. The quantitative estimate of drug-likeness (QED) is 0.557. The lowest BCUT2D eigenvalue weighted by Crippen LogP contribution is -2.00. The van der Waals surface area contributed by atoms with E-state index in [-0.39, 0.29) is 5.97 Å². The summed E-state index contributed by atoms with van der Waals surface area (Å²) in [6, 6.07) is 0. The monoisotopic (exact) mass is 208 g/mol. The van der Waals surface area contributed by atoms with Crippen molar-refractivity contribution in [1.29, 1.82) is 0 Å². The van der Waals surface area contributed by atoms with E-state index in [0.29, 0.717) is 6.61 Å². The summed E-state index contributed by atoms with van der Waals surface area (Å²) >= 11 is 0. The minimum atomic E-state index is -0.322. The minimum absolute atomic E-state index is 0.322. The summed E-state index contributed by atoms with van der Waals surface area (Å²) in [6.45, 7) is 4.22. The maximum atomic E-state index is 11.1. The van der Waals surface area contributed by atoms with Gasteiger partial charge in [0.2, 0.25) is 0 Å². The maximum absolute atomic E-state index is 11.1. The molecule has 82 valence electrons. The van der Waals surface area contributed by atoms with Crippen LogP contribution in [0.15, 0.2) is 12.3 Å². The number of hydrogen-bond acceptors (Lipinski definition) is 3. The van der Waals surface area contributed by atoms with Crippen LogP contribution in [0.3, 0.4) is 0 Å². The number of carbonyl (C=O) groups excluding carboxylic acids is 1. The molecule has 1 aromatic rings. The molecule has 0 aliphatic heterocycles. The fourth-order valence-corrected chi connectivity index (χ4v) is 1.29. The first-order valence-electron chi connectivity index (χ1n) is 5.04. The number of ether oxygens (including phenoxy) is 1. The molecule has 0 N–H and O–H groups in total. The Kier molecular flexibility index (Phi) is 4.09. The molecule has 0 amide bonds. The summed E-state index contributed by atoms with van der Waals surface area (Å²) in [5, 5.41) is 0. The second-order valence-corrected chi connectivity index (χ2v) is 3.10. The largest absolute Gasteiger partial charge is 0.463 e. The van der Waals surface area contributed by atoms with Gasteiger partial charge < -0.3 is 9.30 Å². The van der Waals surface area contributed by atoms with Crippen LogP contribution in [0.25, 0.3) is 6.08 Å². The molecule has 1 aromatic heterocycles. The van der Waals surface area contributed by atoms with Crippen molar-refractivity contribution >= 4 is 12.0 Å². The Morgan fingerprint density at radius 3 is 2.87 bits per heavy atom. The molecule has 0 spiro atoms. The molecule has 0 aromatic carbocycles. The lowest BCUT2D eigenvalue weighted by atomic mass is 10.4. The van der Waals surface area contributed by atoms with E-state index in [0.717, 1.165) is 17.9 Å². The number of aromatic nitrogens is 2. The zero-order valence-electron chi connectivity index (χ0n) is 9.36. The molecular formula is C11H16N2O2. The predicted molar refractivity (Wildman–Crippen MR) is 58.3 cm³/mol. The van der Waals surface area contributed by atoms with Crippen LogP contribution in [-0.4, -0.2) is 22.1 Å². The lowest BCUT2D eigenvalue weighted by Gasteiger charge is -1.99. The Hall–Kier alpha value is -1.58. The fourth-order valence-electron chi connectivity index (χ4n) is 1.29. The van der Waals surface area contributed by atoms with Crippen LogP contribution in [0.2, 0.25) is 0 Å². The van der Waals surface area contributed by atoms with Gasteiger partial charge in [-0.05, 0) is 13.0 Å². The van der Waals surface area contributed by atoms with Gasteiger partial charge in [-0.1, -0.05) is 6.92 Å². The van der Waals surface area contributed by atoms with Gasteiger partial charge in [-0.2, -0.15) is 0 Å². The first-order valence-corrected chi connectivity index (χ1v) is 5.04. The molecule has 1 rings (SSSR count). The smallest absolute Gasteiger partial charge is 0.330 e. The highest BCUT2D eigenvalue weighted by Crippen LogP contribution is 2.05. The molecule has 4 heteroatoms. The second-order valence-electron chi connectivity index (χ2n) is 3.10. The van der Waals surface area contributed by atoms with E-state index in [2.05, 4.69) is 4.98 Å². The van der Waals surface area contributed by atoms with Gasteiger partial charge in [0.25, 0.3) is 0 Å². The summed E-state index contributed by atoms with van der Waals surface area (Å²) in [5.74, 6) is 0.676. The average molecular weight is 208 g/mol. The molecule has 0 bridgehead atoms. The van der Waals surface area contributed by atoms with Crippen molar-refractivity contribution in [2.75, 3.05) is 6.61 Å². The van der Waals surface area contributed by atoms with Gasteiger partial charge in [0.05, 0.1) is 18.5 Å². The van der Waals surface area contributed by atoms with E-state index in [1.807, 2.05) is 18.5 Å². The Morgan fingerprint density at radius 2 is 2.33 bits per heavy atom. The molecule has 0 unspecified atom stereocenters. The number of imidazole rings is 1. The standard InChI is InChI=1S/C11H16N2O2/c1-4-10-12-8-9(13(10)3)6-7-11(14)15-5-2/h6-8H,4-5H2,1-3H3/b7-6+. The SMILES string of the molecule is CCOC(=O)/C=C/c1cnc(CC)n1C. The fraction of sp³-hybridized carbons (Fsp3) is 0.455. The average Bonchev–Trinajstić information content (AvgIpc) is 2.57. The lowest BCUT2D eigenvalue weighted by molar-refractivity contribution is -0.137. The third kappa shape index (κ3) is 2.94. The van der Waals surface area contributed by atoms with Crippen molar-refractivity contribution in [3.63, 3.8) is 0 Å². The third-order valence-corrected chi connectivity index (χ3v) is 2.11. The van der Waals surface area contributed by atoms with Gasteiger partial charge >= 0.3 is 5.97 Å². The number of esters is 1. The number of rotatable bonds is 4. The first-order chi connectivity index (χ1) is 7.19. The number of aryl methyl sites for hydroxylation is 1. The second kappa shape index (κ2) is 5.34. The van der Waals surface area contributed by atoms with Crippen LogP contribution in [0.5, 0.6) is 0 Å². The molecule has 0 atom stereocenters. The number of hydrogen-bond donors (Lipinski definition) is 0. The van der Waals surface area contributed by atoms with Crippen molar-refractivity contribution in [2.24, 2.45) is 7.05 Å². The Labute approximate surface area is 89.6 Å². The summed E-state index contributed by atoms with van der Waals surface area (Å²) in [6.07, 6.45) is 5.75. The van der Waals surface area contributed by atoms with E-state index in [1.165, 1.54) is 6.08 Å². The van der Waals surface area contributed by atoms with Gasteiger partial charge in [-0.15, -0.1) is 0 Å². The normalized spacial score (nSPS) is 10.9. The summed E-state index contributed by atoms with van der Waals surface area (Å²) < 4.78 is 6.74. The molecule has 0 saturated heterocycles. The van der Waals surface area contributed by atoms with Gasteiger partial charge in [0.1, 0.15) is 5.82 Å². The van der Waals surface area contributed by atoms with Gasteiger partial charge in [-0.25, -0.2) is 9.78 Å². The predicted octanol–water partition coefficient (Wildman–Crippen LogP) is 1.56. The zero-order chi connectivity index (χ0) is 11.3. The van der Waals surface area contributed by atoms with Gasteiger partial charge in [0, 0.05) is 19.5 Å². The van der Waals surface area contributed by atoms with Crippen LogP contribution in [-0.2, 0) is 23.0 Å². The van der Waals surface area contributed by atoms with Crippen molar-refractivity contribution in [3.8, 4) is 0 Å². The molecule has 0 fully saturated rings. The number of carbonyl (C=O) groups is 1. The molecule has 15 heavy (non-hydrogen) atoms. The van der Waals surface area contributed by atoms with E-state index >= 15 is 0 Å². The van der Waals surface area contributed by atoms with Crippen LogP contribution < -0.4 is 0 Å². The highest BCUT2D eigenvalue weighted by molar-refractivity contribution is 5.86. The van der Waals surface area contributed by atoms with Crippen LogP contribution >= 0.6 is 0 Å². The Bertz CT molecular complexity index is 367. The first kappa shape index (κ1) is 11.5. The van der Waals surface area contributed by atoms with Crippen LogP contribution in [0.1, 0.15) is 25.4 Å². The molecule has 0 saturated carbocycles. The van der Waals surface area contributed by atoms with Gasteiger partial charge in [0.15, 0.2) is 0 Å². The topological polar surface area (TPSA) is 44.1 Å². The molecule has 0 aliphatic carbocycles. The van der Waals surface area contributed by atoms with E-state index in [9.17, 15) is 4.79 Å². The van der Waals surface area contributed by atoms with Crippen molar-refractivity contribution < 1.29 is 9.53 Å². The molecule has 0 radical (unpaired) electrons. The minimum Gasteiger partial charge on any atom is -0.463 e. The van der Waals surface area contributed by atoms with Gasteiger partial charge in [-0.3, -0.25) is 0 Å². The van der Waals surface area contributed by atoms with E-state index in [1.54, 1.807) is 19.2 Å². The van der Waals surface area contributed by atoms with Crippen molar-refractivity contribution in [3.05, 3.63) is 23.8 Å². The summed E-state index contributed by atoms with van der Waals surface area (Å²) in [5.41, 5.74) is 0.903. The molecule has 0 aliphatic rings. The van der Waals surface area contributed by atoms with Crippen molar-refractivity contribution in [2.45, 2.75) is 20.3 Å². The van der Waals surface area contributed by atoms with Crippen LogP contribution in [0, 0.1) is 0 Å². The molecule has 1 heterocycles. The third-order valence-electron chi connectivity index (χ3n) is 2.11. The van der Waals surface area contributed by atoms with Crippen molar-refractivity contribution in [1.82, 2.24) is 9.55 Å². The molecule has 4 nitrogen and oxygen atoms in total. The van der Waals surface area contributed by atoms with Crippen LogP contribution in [0.4, 0.5) is 0 Å². The summed E-state index contributed by atoms with van der Waals surface area (Å²) in [4.78, 5) is 15.3. The summed E-state index contributed by atoms with van der Waals surface area (Å²) in [7, 11) is 1.93. The zero-order valence-corrected chi connectivity index (χ0v) is 9.36. The molecular weight excluding hydrogens is 192 g/mol. The highest BCUT2D eigenvalue weighted by Gasteiger charge is 2.02.